The van der Waals surface area contributed by atoms with Crippen LogP contribution in [0.15, 0.2) is 0 Å². The fourth-order valence-electron chi connectivity index (χ4n) is 2.71. The van der Waals surface area contributed by atoms with Gasteiger partial charge in [0.2, 0.25) is 11.8 Å². The molecule has 2 amide bonds. The lowest BCUT2D eigenvalue weighted by Gasteiger charge is -2.19. The monoisotopic (exact) mass is 298 g/mol. The van der Waals surface area contributed by atoms with Gasteiger partial charge in [-0.05, 0) is 32.1 Å². The summed E-state index contributed by atoms with van der Waals surface area (Å²) in [6.45, 7) is 3.68. The van der Waals surface area contributed by atoms with E-state index in [0.717, 1.165) is 25.7 Å². The van der Waals surface area contributed by atoms with Crippen molar-refractivity contribution >= 4 is 17.8 Å². The fraction of sp³-hybridized carbons (Fsp3) is 0.800. The van der Waals surface area contributed by atoms with Gasteiger partial charge in [-0.2, -0.15) is 0 Å². The van der Waals surface area contributed by atoms with Crippen LogP contribution in [0.5, 0.6) is 0 Å². The second kappa shape index (κ2) is 8.64. The molecule has 0 aromatic rings. The average Bonchev–Trinajstić information content (AvgIpc) is 2.90. The summed E-state index contributed by atoms with van der Waals surface area (Å²) < 4.78 is 4.89. The number of ether oxygens (including phenoxy) is 1. The average molecular weight is 298 g/mol. The SMILES string of the molecule is CCOC(=O)[C@@H](C)C[C@@H](NC(=O)CC1CCCC1)C(N)=O. The van der Waals surface area contributed by atoms with Crippen molar-refractivity contribution in [2.75, 3.05) is 6.61 Å². The molecular weight excluding hydrogens is 272 g/mol. The van der Waals surface area contributed by atoms with E-state index in [2.05, 4.69) is 5.32 Å². The number of hydrogen-bond donors (Lipinski definition) is 2. The van der Waals surface area contributed by atoms with Crippen LogP contribution in [0.25, 0.3) is 0 Å². The van der Waals surface area contributed by atoms with E-state index >= 15 is 0 Å². The highest BCUT2D eigenvalue weighted by molar-refractivity contribution is 5.87. The van der Waals surface area contributed by atoms with Crippen molar-refractivity contribution < 1.29 is 19.1 Å². The maximum atomic E-state index is 12.0. The van der Waals surface area contributed by atoms with Crippen LogP contribution in [0, 0.1) is 11.8 Å². The molecular formula is C15H26N2O4. The van der Waals surface area contributed by atoms with Crippen LogP contribution in [0.4, 0.5) is 0 Å². The topological polar surface area (TPSA) is 98.5 Å². The Morgan fingerprint density at radius 2 is 1.90 bits per heavy atom. The lowest BCUT2D eigenvalue weighted by Crippen LogP contribution is -2.46. The molecule has 0 aliphatic heterocycles. The van der Waals surface area contributed by atoms with E-state index in [1.807, 2.05) is 0 Å². The second-order valence-corrected chi connectivity index (χ2v) is 5.77. The maximum Gasteiger partial charge on any atom is 0.308 e. The van der Waals surface area contributed by atoms with E-state index in [1.165, 1.54) is 0 Å². The van der Waals surface area contributed by atoms with E-state index in [9.17, 15) is 14.4 Å². The van der Waals surface area contributed by atoms with Crippen LogP contribution in [0.1, 0.15) is 52.4 Å². The van der Waals surface area contributed by atoms with Gasteiger partial charge >= 0.3 is 5.97 Å². The minimum Gasteiger partial charge on any atom is -0.466 e. The van der Waals surface area contributed by atoms with Gasteiger partial charge in [-0.15, -0.1) is 0 Å². The zero-order valence-corrected chi connectivity index (χ0v) is 12.9. The standard InChI is InChI=1S/C15H26N2O4/c1-3-21-15(20)10(2)8-12(14(16)19)17-13(18)9-11-6-4-5-7-11/h10-12H,3-9H2,1-2H3,(H2,16,19)(H,17,18)/t10-,12+/m0/s1. The first-order chi connectivity index (χ1) is 9.93. The molecule has 1 aliphatic carbocycles. The summed E-state index contributed by atoms with van der Waals surface area (Å²) in [7, 11) is 0. The molecule has 1 saturated carbocycles. The molecule has 0 aromatic carbocycles. The summed E-state index contributed by atoms with van der Waals surface area (Å²) in [5.41, 5.74) is 5.31. The van der Waals surface area contributed by atoms with Crippen molar-refractivity contribution in [3.63, 3.8) is 0 Å². The number of rotatable bonds is 8. The van der Waals surface area contributed by atoms with Crippen molar-refractivity contribution in [3.05, 3.63) is 0 Å². The third-order valence-corrected chi connectivity index (χ3v) is 3.91. The van der Waals surface area contributed by atoms with Gasteiger partial charge in [-0.25, -0.2) is 0 Å². The number of amides is 2. The summed E-state index contributed by atoms with van der Waals surface area (Å²) >= 11 is 0. The zero-order valence-electron chi connectivity index (χ0n) is 12.9. The van der Waals surface area contributed by atoms with Crippen molar-refractivity contribution in [2.45, 2.75) is 58.4 Å². The molecule has 3 N–H and O–H groups in total. The molecule has 6 heteroatoms. The normalized spacial score (nSPS) is 18.0. The highest BCUT2D eigenvalue weighted by Gasteiger charge is 2.26. The molecule has 6 nitrogen and oxygen atoms in total. The largest absolute Gasteiger partial charge is 0.466 e. The van der Waals surface area contributed by atoms with Crippen molar-refractivity contribution in [1.82, 2.24) is 5.32 Å². The van der Waals surface area contributed by atoms with Crippen LogP contribution in [0.2, 0.25) is 0 Å². The molecule has 120 valence electrons. The maximum absolute atomic E-state index is 12.0. The molecule has 0 saturated heterocycles. The molecule has 1 rings (SSSR count). The molecule has 0 unspecified atom stereocenters. The van der Waals surface area contributed by atoms with Gasteiger partial charge in [0.25, 0.3) is 0 Å². The zero-order chi connectivity index (χ0) is 15.8. The molecule has 2 atom stereocenters. The minimum atomic E-state index is -0.821. The number of primary amides is 1. The van der Waals surface area contributed by atoms with Gasteiger partial charge in [0.15, 0.2) is 0 Å². The third-order valence-electron chi connectivity index (χ3n) is 3.91. The number of nitrogens with one attached hydrogen (secondary N) is 1. The predicted molar refractivity (Wildman–Crippen MR) is 78.1 cm³/mol. The molecule has 0 spiro atoms. The van der Waals surface area contributed by atoms with Gasteiger partial charge in [0.05, 0.1) is 12.5 Å². The first-order valence-electron chi connectivity index (χ1n) is 7.69. The number of nitrogens with two attached hydrogens (primary N) is 1. The van der Waals surface area contributed by atoms with Crippen LogP contribution >= 0.6 is 0 Å². The molecule has 1 aliphatic rings. The number of hydrogen-bond acceptors (Lipinski definition) is 4. The van der Waals surface area contributed by atoms with Gasteiger partial charge in [-0.1, -0.05) is 19.8 Å². The third kappa shape index (κ3) is 6.14. The Kier molecular flexibility index (Phi) is 7.19. The highest BCUT2D eigenvalue weighted by Crippen LogP contribution is 2.27. The summed E-state index contributed by atoms with van der Waals surface area (Å²) in [4.78, 5) is 35.0. The number of carbonyl (C=O) groups excluding carboxylic acids is 3. The Balaban J connectivity index is 2.46. The van der Waals surface area contributed by atoms with Gasteiger partial charge in [0.1, 0.15) is 6.04 Å². The molecule has 0 radical (unpaired) electrons. The Bertz CT molecular complexity index is 378. The number of esters is 1. The lowest BCUT2D eigenvalue weighted by molar-refractivity contribution is -0.148. The van der Waals surface area contributed by atoms with Crippen molar-refractivity contribution in [2.24, 2.45) is 17.6 Å². The molecule has 0 bridgehead atoms. The van der Waals surface area contributed by atoms with Crippen LogP contribution in [-0.4, -0.2) is 30.4 Å². The molecule has 1 fully saturated rings. The van der Waals surface area contributed by atoms with Crippen LogP contribution in [0.3, 0.4) is 0 Å². The predicted octanol–water partition coefficient (Wildman–Crippen LogP) is 1.13. The van der Waals surface area contributed by atoms with E-state index < -0.39 is 17.9 Å². The number of carbonyl (C=O) groups is 3. The summed E-state index contributed by atoms with van der Waals surface area (Å²) in [5.74, 6) is -1.24. The van der Waals surface area contributed by atoms with Crippen molar-refractivity contribution in [1.29, 1.82) is 0 Å². The van der Waals surface area contributed by atoms with Gasteiger partial charge in [-0.3, -0.25) is 14.4 Å². The molecule has 0 heterocycles. The van der Waals surface area contributed by atoms with E-state index in [1.54, 1.807) is 13.8 Å². The first kappa shape index (κ1) is 17.5. The van der Waals surface area contributed by atoms with E-state index in [4.69, 9.17) is 10.5 Å². The van der Waals surface area contributed by atoms with Crippen LogP contribution < -0.4 is 11.1 Å². The Hall–Kier alpha value is -1.59. The van der Waals surface area contributed by atoms with Gasteiger partial charge < -0.3 is 15.8 Å². The molecule has 21 heavy (non-hydrogen) atoms. The van der Waals surface area contributed by atoms with Crippen molar-refractivity contribution in [3.8, 4) is 0 Å². The van der Waals surface area contributed by atoms with Crippen LogP contribution in [-0.2, 0) is 19.1 Å². The first-order valence-corrected chi connectivity index (χ1v) is 7.69. The summed E-state index contributed by atoms with van der Waals surface area (Å²) in [5, 5.41) is 2.65. The smallest absolute Gasteiger partial charge is 0.308 e. The summed E-state index contributed by atoms with van der Waals surface area (Å²) in [6.07, 6.45) is 5.05. The van der Waals surface area contributed by atoms with E-state index in [-0.39, 0.29) is 18.3 Å². The Labute approximate surface area is 125 Å². The van der Waals surface area contributed by atoms with E-state index in [0.29, 0.717) is 18.9 Å². The Morgan fingerprint density at radius 1 is 1.29 bits per heavy atom. The highest BCUT2D eigenvalue weighted by atomic mass is 16.5. The minimum absolute atomic E-state index is 0.165. The summed E-state index contributed by atoms with van der Waals surface area (Å²) in [6, 6.07) is -0.821. The lowest BCUT2D eigenvalue weighted by atomic mass is 10.00. The fourth-order valence-corrected chi connectivity index (χ4v) is 2.71. The quantitative estimate of drug-likeness (QED) is 0.656. The second-order valence-electron chi connectivity index (χ2n) is 5.77. The van der Waals surface area contributed by atoms with Gasteiger partial charge in [0, 0.05) is 6.42 Å². The molecule has 0 aromatic heterocycles. The Morgan fingerprint density at radius 3 is 2.43 bits per heavy atom.